The highest BCUT2D eigenvalue weighted by Crippen LogP contribution is 2.40. The minimum atomic E-state index is 0.0486. The fraction of sp³-hybridized carbons (Fsp3) is 0.267. The number of amidine groups is 1. The number of benzene rings is 3. The lowest BCUT2D eigenvalue weighted by molar-refractivity contribution is -0.124. The lowest BCUT2D eigenvalue weighted by Crippen LogP contribution is -2.44. The van der Waals surface area contributed by atoms with Crippen molar-refractivity contribution >= 4 is 46.2 Å². The molecule has 4 nitrogen and oxygen atoms in total. The average Bonchev–Trinajstić information content (AvgIpc) is 3.19. The summed E-state index contributed by atoms with van der Waals surface area (Å²) in [5, 5.41) is 1.47. The number of rotatable bonds is 6. The van der Waals surface area contributed by atoms with Gasteiger partial charge in [-0.15, -0.1) is 0 Å². The summed E-state index contributed by atoms with van der Waals surface area (Å²) in [5.41, 5.74) is 2.76. The number of carbonyl (C=O) groups is 1. The van der Waals surface area contributed by atoms with Crippen LogP contribution in [0.2, 0.25) is 5.02 Å². The summed E-state index contributed by atoms with van der Waals surface area (Å²) in [6, 6.07) is 25.5. The summed E-state index contributed by atoms with van der Waals surface area (Å²) in [6.45, 7) is 2.66. The van der Waals surface area contributed by atoms with E-state index in [1.165, 1.54) is 18.2 Å². The van der Waals surface area contributed by atoms with E-state index in [0.717, 1.165) is 47.0 Å². The van der Waals surface area contributed by atoms with Gasteiger partial charge in [0.25, 0.3) is 5.91 Å². The molecule has 0 radical (unpaired) electrons. The van der Waals surface area contributed by atoms with Crippen LogP contribution < -0.4 is 4.74 Å². The van der Waals surface area contributed by atoms with Gasteiger partial charge < -0.3 is 4.74 Å². The zero-order chi connectivity index (χ0) is 24.9. The third kappa shape index (κ3) is 5.69. The van der Waals surface area contributed by atoms with E-state index in [4.69, 9.17) is 21.3 Å². The SMILES string of the molecule is C[C@H]1CCCC[C@H]1N1C(=O)/C(=C/c2ccc(OCc3ccccc3Cl)cc2)SC1=Nc1ccccc1. The van der Waals surface area contributed by atoms with Gasteiger partial charge in [0, 0.05) is 16.6 Å². The number of thioether (sulfide) groups is 1. The Morgan fingerprint density at radius 1 is 1.00 bits per heavy atom. The third-order valence-electron chi connectivity index (χ3n) is 6.75. The molecule has 1 aliphatic carbocycles. The van der Waals surface area contributed by atoms with E-state index in [-0.39, 0.29) is 11.9 Å². The number of ether oxygens (including phenoxy) is 1. The topological polar surface area (TPSA) is 41.9 Å². The van der Waals surface area contributed by atoms with Crippen molar-refractivity contribution in [1.29, 1.82) is 0 Å². The van der Waals surface area contributed by atoms with Gasteiger partial charge in [0.05, 0.1) is 10.6 Å². The molecule has 2 atom stereocenters. The molecule has 1 heterocycles. The quantitative estimate of drug-likeness (QED) is 0.311. The Balaban J connectivity index is 1.36. The van der Waals surface area contributed by atoms with Crippen LogP contribution in [-0.2, 0) is 11.4 Å². The number of carbonyl (C=O) groups excluding carboxylic acids is 1. The molecule has 0 N–H and O–H groups in total. The molecule has 0 bridgehead atoms. The van der Waals surface area contributed by atoms with E-state index in [0.29, 0.717) is 22.5 Å². The molecule has 0 unspecified atom stereocenters. The molecular formula is C30H29ClN2O2S. The maximum absolute atomic E-state index is 13.6. The lowest BCUT2D eigenvalue weighted by atomic mass is 9.85. The second kappa shape index (κ2) is 11.4. The molecule has 1 amide bonds. The summed E-state index contributed by atoms with van der Waals surface area (Å²) >= 11 is 7.70. The van der Waals surface area contributed by atoms with Gasteiger partial charge in [-0.25, -0.2) is 4.99 Å². The Bertz CT molecular complexity index is 1270. The monoisotopic (exact) mass is 516 g/mol. The molecular weight excluding hydrogens is 488 g/mol. The van der Waals surface area contributed by atoms with E-state index in [2.05, 4.69) is 6.92 Å². The largest absolute Gasteiger partial charge is 0.489 e. The van der Waals surface area contributed by atoms with Gasteiger partial charge in [-0.05, 0) is 72.5 Å². The van der Waals surface area contributed by atoms with Crippen molar-refractivity contribution in [3.63, 3.8) is 0 Å². The molecule has 0 spiro atoms. The summed E-state index contributed by atoms with van der Waals surface area (Å²) in [6.07, 6.45) is 6.50. The van der Waals surface area contributed by atoms with Gasteiger partial charge in [0.2, 0.25) is 0 Å². The first kappa shape index (κ1) is 24.7. The number of amides is 1. The van der Waals surface area contributed by atoms with Crippen LogP contribution in [0.4, 0.5) is 5.69 Å². The highest BCUT2D eigenvalue weighted by molar-refractivity contribution is 8.18. The van der Waals surface area contributed by atoms with Crippen molar-refractivity contribution in [2.75, 3.05) is 0 Å². The fourth-order valence-corrected chi connectivity index (χ4v) is 5.97. The Kier molecular flexibility index (Phi) is 7.78. The molecule has 0 aromatic heterocycles. The highest BCUT2D eigenvalue weighted by atomic mass is 35.5. The molecule has 3 aromatic carbocycles. The first-order chi connectivity index (χ1) is 17.6. The smallest absolute Gasteiger partial charge is 0.267 e. The molecule has 5 rings (SSSR count). The predicted octanol–water partition coefficient (Wildman–Crippen LogP) is 8.10. The van der Waals surface area contributed by atoms with Crippen molar-refractivity contribution in [3.8, 4) is 5.75 Å². The molecule has 1 saturated carbocycles. The average molecular weight is 517 g/mol. The minimum Gasteiger partial charge on any atom is -0.489 e. The molecule has 6 heteroatoms. The zero-order valence-electron chi connectivity index (χ0n) is 20.3. The van der Waals surface area contributed by atoms with Gasteiger partial charge in [-0.1, -0.05) is 79.9 Å². The van der Waals surface area contributed by atoms with Gasteiger partial charge in [0.1, 0.15) is 12.4 Å². The standard InChI is InChI=1S/C30H29ClN2O2S/c1-21-9-5-8-14-27(21)33-29(34)28(36-30(33)32-24-11-3-2-4-12-24)19-22-15-17-25(18-16-22)35-20-23-10-6-7-13-26(23)31/h2-4,6-7,10-13,15-19,21,27H,5,8-9,14,20H2,1H3/b28-19-,32-30?/t21-,27+/m0/s1. The van der Waals surface area contributed by atoms with Crippen molar-refractivity contribution < 1.29 is 9.53 Å². The van der Waals surface area contributed by atoms with Crippen LogP contribution in [-0.4, -0.2) is 22.0 Å². The van der Waals surface area contributed by atoms with Gasteiger partial charge >= 0.3 is 0 Å². The van der Waals surface area contributed by atoms with Crippen LogP contribution >= 0.6 is 23.4 Å². The summed E-state index contributed by atoms with van der Waals surface area (Å²) in [7, 11) is 0. The maximum atomic E-state index is 13.6. The zero-order valence-corrected chi connectivity index (χ0v) is 21.8. The van der Waals surface area contributed by atoms with Crippen LogP contribution in [0.15, 0.2) is 88.8 Å². The van der Waals surface area contributed by atoms with Crippen LogP contribution in [0.25, 0.3) is 6.08 Å². The number of nitrogens with zero attached hydrogens (tertiary/aromatic N) is 2. The predicted molar refractivity (Wildman–Crippen MR) is 150 cm³/mol. The Labute approximate surface area is 222 Å². The number of aliphatic imine (C=N–C) groups is 1. The minimum absolute atomic E-state index is 0.0486. The first-order valence-corrected chi connectivity index (χ1v) is 13.6. The molecule has 184 valence electrons. The van der Waals surface area contributed by atoms with Crippen LogP contribution in [0, 0.1) is 5.92 Å². The first-order valence-electron chi connectivity index (χ1n) is 12.4. The van der Waals surface area contributed by atoms with E-state index in [9.17, 15) is 4.79 Å². The Hall–Kier alpha value is -3.02. The van der Waals surface area contributed by atoms with Gasteiger partial charge in [0.15, 0.2) is 5.17 Å². The number of para-hydroxylation sites is 1. The van der Waals surface area contributed by atoms with Crippen LogP contribution in [0.1, 0.15) is 43.7 Å². The second-order valence-corrected chi connectivity index (χ2v) is 10.7. The molecule has 1 saturated heterocycles. The Morgan fingerprint density at radius 2 is 1.72 bits per heavy atom. The lowest BCUT2D eigenvalue weighted by Gasteiger charge is -2.35. The number of hydrogen-bond acceptors (Lipinski definition) is 4. The van der Waals surface area contributed by atoms with Crippen molar-refractivity contribution in [2.45, 2.75) is 45.3 Å². The molecule has 36 heavy (non-hydrogen) atoms. The molecule has 2 fully saturated rings. The molecule has 3 aromatic rings. The van der Waals surface area contributed by atoms with Crippen molar-refractivity contribution in [1.82, 2.24) is 4.90 Å². The van der Waals surface area contributed by atoms with E-state index < -0.39 is 0 Å². The Morgan fingerprint density at radius 3 is 2.47 bits per heavy atom. The molecule has 2 aliphatic rings. The van der Waals surface area contributed by atoms with Crippen molar-refractivity contribution in [2.24, 2.45) is 10.9 Å². The van der Waals surface area contributed by atoms with E-state index >= 15 is 0 Å². The van der Waals surface area contributed by atoms with Crippen LogP contribution in [0.5, 0.6) is 5.75 Å². The van der Waals surface area contributed by atoms with E-state index in [1.54, 1.807) is 0 Å². The van der Waals surface area contributed by atoms with Crippen LogP contribution in [0.3, 0.4) is 0 Å². The summed E-state index contributed by atoms with van der Waals surface area (Å²) in [4.78, 5) is 21.2. The second-order valence-electron chi connectivity index (χ2n) is 9.29. The van der Waals surface area contributed by atoms with Crippen molar-refractivity contribution in [3.05, 3.63) is 99.9 Å². The number of hydrogen-bond donors (Lipinski definition) is 0. The number of halogens is 1. The van der Waals surface area contributed by atoms with E-state index in [1.807, 2.05) is 89.8 Å². The maximum Gasteiger partial charge on any atom is 0.267 e. The highest BCUT2D eigenvalue weighted by Gasteiger charge is 2.41. The van der Waals surface area contributed by atoms with Gasteiger partial charge in [-0.2, -0.15) is 0 Å². The summed E-state index contributed by atoms with van der Waals surface area (Å²) < 4.78 is 5.91. The summed E-state index contributed by atoms with van der Waals surface area (Å²) in [5.74, 6) is 1.26. The molecule has 1 aliphatic heterocycles. The normalized spacial score (nSPS) is 22.4. The fourth-order valence-electron chi connectivity index (χ4n) is 4.74. The van der Waals surface area contributed by atoms with Gasteiger partial charge in [-0.3, -0.25) is 9.69 Å². The third-order valence-corrected chi connectivity index (χ3v) is 8.10.